The third kappa shape index (κ3) is 3.63. The van der Waals surface area contributed by atoms with Gasteiger partial charge in [-0.3, -0.25) is 9.78 Å². The van der Waals surface area contributed by atoms with Crippen molar-refractivity contribution in [3.05, 3.63) is 58.7 Å². The Bertz CT molecular complexity index is 832. The highest BCUT2D eigenvalue weighted by molar-refractivity contribution is 7.20. The molecule has 4 heterocycles. The highest BCUT2D eigenvalue weighted by Crippen LogP contribution is 2.28. The molecule has 0 saturated carbocycles. The summed E-state index contributed by atoms with van der Waals surface area (Å²) in [5, 5.41) is 8.40. The van der Waals surface area contributed by atoms with Crippen molar-refractivity contribution in [1.82, 2.24) is 20.2 Å². The molecule has 1 atom stereocenters. The Morgan fingerprint density at radius 1 is 1.32 bits per heavy atom. The number of carbonyl (C=O) groups is 1. The third-order valence-corrected chi connectivity index (χ3v) is 6.18. The molecule has 1 fully saturated rings. The molecule has 25 heavy (non-hydrogen) atoms. The van der Waals surface area contributed by atoms with Gasteiger partial charge in [0.25, 0.3) is 0 Å². The van der Waals surface area contributed by atoms with Crippen molar-refractivity contribution in [2.24, 2.45) is 0 Å². The lowest BCUT2D eigenvalue weighted by Gasteiger charge is -2.36. The molecule has 4 rings (SSSR count). The molecule has 0 spiro atoms. The molecule has 0 radical (unpaired) electrons. The molecule has 7 heteroatoms. The number of nitrogens with zero attached hydrogens (tertiary/aromatic N) is 3. The summed E-state index contributed by atoms with van der Waals surface area (Å²) in [4.78, 5) is 24.8. The molecule has 3 aromatic rings. The van der Waals surface area contributed by atoms with Gasteiger partial charge in [0.05, 0.1) is 23.0 Å². The minimum Gasteiger partial charge on any atom is -0.333 e. The van der Waals surface area contributed by atoms with Gasteiger partial charge in [-0.2, -0.15) is 0 Å². The maximum atomic E-state index is 12.9. The molecule has 1 amide bonds. The van der Waals surface area contributed by atoms with Crippen LogP contribution in [0.3, 0.4) is 0 Å². The van der Waals surface area contributed by atoms with E-state index in [4.69, 9.17) is 0 Å². The predicted octanol–water partition coefficient (Wildman–Crippen LogP) is 2.98. The van der Waals surface area contributed by atoms with Crippen LogP contribution in [0.2, 0.25) is 0 Å². The van der Waals surface area contributed by atoms with Crippen LogP contribution in [0.1, 0.15) is 17.3 Å². The second-order valence-electron chi connectivity index (χ2n) is 5.89. The topological polar surface area (TPSA) is 58.1 Å². The minimum absolute atomic E-state index is 0.0327. The zero-order valence-electron chi connectivity index (χ0n) is 13.6. The van der Waals surface area contributed by atoms with Crippen LogP contribution in [-0.4, -0.2) is 40.4 Å². The Hall–Kier alpha value is -2.09. The number of thiophene rings is 1. The zero-order valence-corrected chi connectivity index (χ0v) is 15.2. The predicted molar refractivity (Wildman–Crippen MR) is 101 cm³/mol. The van der Waals surface area contributed by atoms with Crippen LogP contribution in [0, 0.1) is 0 Å². The Labute approximate surface area is 154 Å². The Morgan fingerprint density at radius 2 is 2.28 bits per heavy atom. The van der Waals surface area contributed by atoms with Crippen LogP contribution in [0.4, 0.5) is 0 Å². The van der Waals surface area contributed by atoms with Crippen molar-refractivity contribution in [1.29, 1.82) is 0 Å². The van der Waals surface area contributed by atoms with Crippen molar-refractivity contribution in [3.8, 4) is 9.88 Å². The van der Waals surface area contributed by atoms with E-state index in [1.165, 1.54) is 0 Å². The Morgan fingerprint density at radius 3 is 3.08 bits per heavy atom. The quantitative estimate of drug-likeness (QED) is 0.767. The number of piperazine rings is 1. The zero-order chi connectivity index (χ0) is 17.1. The Balaban J connectivity index is 1.49. The molecular formula is C18H18N4OS2. The SMILES string of the molecule is O=C(Cc1csc(-c2cccs2)n1)N1CCNCC1c1cccnc1. The van der Waals surface area contributed by atoms with Gasteiger partial charge in [-0.1, -0.05) is 12.1 Å². The number of rotatable bonds is 4. The third-order valence-electron chi connectivity index (χ3n) is 4.25. The van der Waals surface area contributed by atoms with E-state index in [0.29, 0.717) is 13.0 Å². The number of thiazole rings is 1. The van der Waals surface area contributed by atoms with Crippen molar-refractivity contribution >= 4 is 28.6 Å². The van der Waals surface area contributed by atoms with Crippen LogP contribution < -0.4 is 5.32 Å². The first-order valence-electron chi connectivity index (χ1n) is 8.19. The molecular weight excluding hydrogens is 352 g/mol. The van der Waals surface area contributed by atoms with E-state index in [1.807, 2.05) is 40.1 Å². The van der Waals surface area contributed by atoms with Crippen LogP contribution >= 0.6 is 22.7 Å². The van der Waals surface area contributed by atoms with E-state index in [9.17, 15) is 4.79 Å². The van der Waals surface area contributed by atoms with Gasteiger partial charge in [-0.25, -0.2) is 4.98 Å². The van der Waals surface area contributed by atoms with E-state index in [1.54, 1.807) is 28.9 Å². The number of carbonyl (C=O) groups excluding carboxylic acids is 1. The summed E-state index contributed by atoms with van der Waals surface area (Å²) in [7, 11) is 0. The van der Waals surface area contributed by atoms with Gasteiger partial charge < -0.3 is 10.2 Å². The number of hydrogen-bond acceptors (Lipinski definition) is 6. The average Bonchev–Trinajstić information content (AvgIpc) is 3.34. The number of amides is 1. The largest absolute Gasteiger partial charge is 0.333 e. The van der Waals surface area contributed by atoms with Gasteiger partial charge in [-0.15, -0.1) is 22.7 Å². The smallest absolute Gasteiger partial charge is 0.229 e. The number of pyridine rings is 1. The number of nitrogens with one attached hydrogen (secondary N) is 1. The van der Waals surface area contributed by atoms with E-state index < -0.39 is 0 Å². The first-order valence-corrected chi connectivity index (χ1v) is 9.95. The number of aromatic nitrogens is 2. The van der Waals surface area contributed by atoms with Crippen molar-refractivity contribution in [3.63, 3.8) is 0 Å². The van der Waals surface area contributed by atoms with Gasteiger partial charge in [0, 0.05) is 37.4 Å². The van der Waals surface area contributed by atoms with E-state index in [-0.39, 0.29) is 11.9 Å². The second kappa shape index (κ2) is 7.43. The standard InChI is InChI=1S/C18H18N4OS2/c23-17(9-14-12-25-18(21-14)16-4-2-8-24-16)22-7-6-20-11-15(22)13-3-1-5-19-10-13/h1-5,8,10,12,15,20H,6-7,9,11H2. The molecule has 0 bridgehead atoms. The molecule has 1 N–H and O–H groups in total. The normalized spacial score (nSPS) is 17.6. The Kier molecular flexibility index (Phi) is 4.87. The lowest BCUT2D eigenvalue weighted by molar-refractivity contribution is -0.133. The van der Waals surface area contributed by atoms with E-state index >= 15 is 0 Å². The molecule has 0 aliphatic carbocycles. The summed E-state index contributed by atoms with van der Waals surface area (Å²) in [6.45, 7) is 2.29. The van der Waals surface area contributed by atoms with Gasteiger partial charge >= 0.3 is 0 Å². The van der Waals surface area contributed by atoms with Crippen molar-refractivity contribution in [2.45, 2.75) is 12.5 Å². The molecule has 1 aliphatic heterocycles. The monoisotopic (exact) mass is 370 g/mol. The second-order valence-corrected chi connectivity index (χ2v) is 7.70. The van der Waals surface area contributed by atoms with Crippen LogP contribution in [0.15, 0.2) is 47.4 Å². The minimum atomic E-state index is 0.0327. The lowest BCUT2D eigenvalue weighted by Crippen LogP contribution is -2.49. The average molecular weight is 371 g/mol. The van der Waals surface area contributed by atoms with Crippen LogP contribution in [0.5, 0.6) is 0 Å². The van der Waals surface area contributed by atoms with Gasteiger partial charge in [0.1, 0.15) is 5.01 Å². The first kappa shape index (κ1) is 16.4. The van der Waals surface area contributed by atoms with Crippen molar-refractivity contribution in [2.75, 3.05) is 19.6 Å². The molecule has 128 valence electrons. The van der Waals surface area contributed by atoms with Gasteiger partial charge in [0.15, 0.2) is 0 Å². The summed E-state index contributed by atoms with van der Waals surface area (Å²) < 4.78 is 0. The van der Waals surface area contributed by atoms with Gasteiger partial charge in [0.2, 0.25) is 5.91 Å². The molecule has 1 unspecified atom stereocenters. The van der Waals surface area contributed by atoms with E-state index in [0.717, 1.165) is 34.2 Å². The maximum absolute atomic E-state index is 12.9. The number of hydrogen-bond donors (Lipinski definition) is 1. The maximum Gasteiger partial charge on any atom is 0.229 e. The lowest BCUT2D eigenvalue weighted by atomic mass is 10.0. The molecule has 3 aromatic heterocycles. The molecule has 1 saturated heterocycles. The summed E-state index contributed by atoms with van der Waals surface area (Å²) in [5.74, 6) is 0.124. The van der Waals surface area contributed by atoms with Crippen LogP contribution in [0.25, 0.3) is 9.88 Å². The molecule has 5 nitrogen and oxygen atoms in total. The fourth-order valence-corrected chi connectivity index (χ4v) is 4.67. The summed E-state index contributed by atoms with van der Waals surface area (Å²) in [6.07, 6.45) is 3.95. The summed E-state index contributed by atoms with van der Waals surface area (Å²) in [6, 6.07) is 8.06. The van der Waals surface area contributed by atoms with E-state index in [2.05, 4.69) is 21.4 Å². The fourth-order valence-electron chi connectivity index (χ4n) is 3.03. The summed E-state index contributed by atoms with van der Waals surface area (Å²) >= 11 is 3.27. The van der Waals surface area contributed by atoms with Crippen molar-refractivity contribution < 1.29 is 4.79 Å². The highest BCUT2D eigenvalue weighted by atomic mass is 32.1. The highest BCUT2D eigenvalue weighted by Gasteiger charge is 2.28. The molecule has 0 aromatic carbocycles. The fraction of sp³-hybridized carbons (Fsp3) is 0.278. The van der Waals surface area contributed by atoms with Gasteiger partial charge in [-0.05, 0) is 23.1 Å². The molecule has 1 aliphatic rings. The first-order chi connectivity index (χ1) is 12.3. The van der Waals surface area contributed by atoms with Crippen LogP contribution in [-0.2, 0) is 11.2 Å². The summed E-state index contributed by atoms with van der Waals surface area (Å²) in [5.41, 5.74) is 1.92.